The highest BCUT2D eigenvalue weighted by molar-refractivity contribution is 6.32. The molecule has 1 aliphatic rings. The van der Waals surface area contributed by atoms with Crippen molar-refractivity contribution >= 4 is 23.2 Å². The van der Waals surface area contributed by atoms with Crippen LogP contribution in [0, 0.1) is 5.92 Å². The molecular weight excluding hydrogens is 416 g/mol. The van der Waals surface area contributed by atoms with Crippen molar-refractivity contribution in [3.05, 3.63) is 47.0 Å². The first-order chi connectivity index (χ1) is 14.9. The van der Waals surface area contributed by atoms with Crippen molar-refractivity contribution in [1.82, 2.24) is 4.90 Å². The predicted octanol–water partition coefficient (Wildman–Crippen LogP) is 4.74. The lowest BCUT2D eigenvalue weighted by molar-refractivity contribution is 0.0746. The van der Waals surface area contributed by atoms with Crippen LogP contribution in [0.3, 0.4) is 0 Å². The number of rotatable bonds is 8. The lowest BCUT2D eigenvalue weighted by Gasteiger charge is -2.36. The Morgan fingerprint density at radius 2 is 1.71 bits per heavy atom. The summed E-state index contributed by atoms with van der Waals surface area (Å²) in [6, 6.07) is 11.4. The van der Waals surface area contributed by atoms with Crippen LogP contribution < -0.4 is 19.1 Å². The molecule has 1 amide bonds. The number of amides is 1. The van der Waals surface area contributed by atoms with E-state index in [0.29, 0.717) is 47.7 Å². The van der Waals surface area contributed by atoms with Crippen molar-refractivity contribution in [3.63, 3.8) is 0 Å². The molecule has 0 bridgehead atoms. The van der Waals surface area contributed by atoms with Crippen LogP contribution in [0.1, 0.15) is 30.6 Å². The summed E-state index contributed by atoms with van der Waals surface area (Å²) in [5, 5.41) is 0.392. The number of nitrogens with zero attached hydrogens (tertiary/aromatic N) is 2. The maximum absolute atomic E-state index is 13.1. The van der Waals surface area contributed by atoms with E-state index in [0.717, 1.165) is 30.9 Å². The van der Waals surface area contributed by atoms with E-state index in [2.05, 4.69) is 18.7 Å². The van der Waals surface area contributed by atoms with E-state index >= 15 is 0 Å². The molecule has 0 spiro atoms. The van der Waals surface area contributed by atoms with Crippen molar-refractivity contribution in [1.29, 1.82) is 0 Å². The molecule has 1 aliphatic heterocycles. The zero-order valence-corrected chi connectivity index (χ0v) is 19.4. The molecule has 0 unspecified atom stereocenters. The molecule has 2 aromatic rings. The molecule has 0 N–H and O–H groups in total. The van der Waals surface area contributed by atoms with Crippen LogP contribution >= 0.6 is 11.6 Å². The third-order valence-electron chi connectivity index (χ3n) is 5.42. The van der Waals surface area contributed by atoms with Crippen LogP contribution in [0.15, 0.2) is 36.4 Å². The summed E-state index contributed by atoms with van der Waals surface area (Å²) in [6.07, 6.45) is 0.915. The van der Waals surface area contributed by atoms with Crippen molar-refractivity contribution in [2.24, 2.45) is 5.92 Å². The van der Waals surface area contributed by atoms with Crippen LogP contribution in [0.4, 0.5) is 5.69 Å². The number of anilines is 1. The molecule has 0 saturated carbocycles. The Kier molecular flexibility index (Phi) is 7.91. The predicted molar refractivity (Wildman–Crippen MR) is 124 cm³/mol. The van der Waals surface area contributed by atoms with Gasteiger partial charge in [0.1, 0.15) is 5.75 Å². The largest absolute Gasteiger partial charge is 0.497 e. The summed E-state index contributed by atoms with van der Waals surface area (Å²) >= 11 is 6.45. The minimum Gasteiger partial charge on any atom is -0.497 e. The summed E-state index contributed by atoms with van der Waals surface area (Å²) < 4.78 is 16.5. The highest BCUT2D eigenvalue weighted by Crippen LogP contribution is 2.37. The van der Waals surface area contributed by atoms with Crippen molar-refractivity contribution in [3.8, 4) is 17.2 Å². The fourth-order valence-corrected chi connectivity index (χ4v) is 3.79. The molecule has 1 saturated heterocycles. The number of hydrogen-bond acceptors (Lipinski definition) is 5. The van der Waals surface area contributed by atoms with Gasteiger partial charge in [0.15, 0.2) is 11.5 Å². The van der Waals surface area contributed by atoms with Gasteiger partial charge in [0.25, 0.3) is 5.91 Å². The van der Waals surface area contributed by atoms with Gasteiger partial charge in [-0.05, 0) is 48.7 Å². The van der Waals surface area contributed by atoms with Gasteiger partial charge in [0.2, 0.25) is 0 Å². The summed E-state index contributed by atoms with van der Waals surface area (Å²) in [7, 11) is 3.22. The lowest BCUT2D eigenvalue weighted by Crippen LogP contribution is -2.48. The Bertz CT molecular complexity index is 878. The van der Waals surface area contributed by atoms with Crippen LogP contribution in [0.2, 0.25) is 5.02 Å². The fraction of sp³-hybridized carbons (Fsp3) is 0.458. The lowest BCUT2D eigenvalue weighted by atomic mass is 10.1. The second kappa shape index (κ2) is 10.6. The van der Waals surface area contributed by atoms with Gasteiger partial charge >= 0.3 is 0 Å². The molecule has 31 heavy (non-hydrogen) atoms. The van der Waals surface area contributed by atoms with E-state index in [9.17, 15) is 4.79 Å². The van der Waals surface area contributed by atoms with Gasteiger partial charge in [0.05, 0.1) is 25.8 Å². The van der Waals surface area contributed by atoms with Gasteiger partial charge in [-0.2, -0.15) is 0 Å². The molecule has 0 atom stereocenters. The monoisotopic (exact) mass is 446 g/mol. The molecular formula is C24H31ClN2O4. The third kappa shape index (κ3) is 5.76. The average Bonchev–Trinajstić information content (AvgIpc) is 2.79. The molecule has 6 nitrogen and oxygen atoms in total. The Morgan fingerprint density at radius 3 is 2.29 bits per heavy atom. The summed E-state index contributed by atoms with van der Waals surface area (Å²) in [5.74, 6) is 2.28. The topological polar surface area (TPSA) is 51.2 Å². The van der Waals surface area contributed by atoms with Gasteiger partial charge in [-0.25, -0.2) is 0 Å². The molecule has 3 rings (SSSR count). The van der Waals surface area contributed by atoms with Gasteiger partial charge in [-0.3, -0.25) is 4.79 Å². The Morgan fingerprint density at radius 1 is 1.03 bits per heavy atom. The standard InChI is InChI=1S/C24H31ClN2O4/c1-17(2)9-14-31-23-21(25)15-18(16-22(23)30-4)24(28)27-12-10-26(11-13-27)19-5-7-20(29-3)8-6-19/h5-8,15-17H,9-14H2,1-4H3. The van der Waals surface area contributed by atoms with Crippen LogP contribution in [0.25, 0.3) is 0 Å². The normalized spacial score (nSPS) is 14.0. The van der Waals surface area contributed by atoms with Crippen molar-refractivity contribution in [2.45, 2.75) is 20.3 Å². The van der Waals surface area contributed by atoms with Crippen molar-refractivity contribution < 1.29 is 19.0 Å². The Balaban J connectivity index is 1.65. The quantitative estimate of drug-likeness (QED) is 0.586. The number of carbonyl (C=O) groups excluding carboxylic acids is 1. The second-order valence-corrected chi connectivity index (χ2v) is 8.40. The fourth-order valence-electron chi connectivity index (χ4n) is 3.52. The maximum atomic E-state index is 13.1. The molecule has 0 aromatic heterocycles. The molecule has 7 heteroatoms. The Labute approximate surface area is 189 Å². The first-order valence-corrected chi connectivity index (χ1v) is 11.0. The number of ether oxygens (including phenoxy) is 3. The van der Waals surface area contributed by atoms with E-state index in [1.165, 1.54) is 0 Å². The minimum atomic E-state index is -0.0525. The molecule has 1 fully saturated rings. The molecule has 2 aromatic carbocycles. The van der Waals surface area contributed by atoms with E-state index in [-0.39, 0.29) is 5.91 Å². The summed E-state index contributed by atoms with van der Waals surface area (Å²) in [4.78, 5) is 17.2. The second-order valence-electron chi connectivity index (χ2n) is 8.00. The number of hydrogen-bond donors (Lipinski definition) is 0. The van der Waals surface area contributed by atoms with Gasteiger partial charge in [-0.15, -0.1) is 0 Å². The van der Waals surface area contributed by atoms with Crippen LogP contribution in [0.5, 0.6) is 17.2 Å². The van der Waals surface area contributed by atoms with E-state index in [4.69, 9.17) is 25.8 Å². The maximum Gasteiger partial charge on any atom is 0.254 e. The first kappa shape index (κ1) is 23.1. The van der Waals surface area contributed by atoms with Gasteiger partial charge < -0.3 is 24.0 Å². The van der Waals surface area contributed by atoms with E-state index in [1.54, 1.807) is 26.4 Å². The first-order valence-electron chi connectivity index (χ1n) is 10.6. The average molecular weight is 447 g/mol. The Hall–Kier alpha value is -2.60. The van der Waals surface area contributed by atoms with Crippen LogP contribution in [-0.4, -0.2) is 57.8 Å². The highest BCUT2D eigenvalue weighted by atomic mass is 35.5. The minimum absolute atomic E-state index is 0.0525. The molecule has 168 valence electrons. The van der Waals surface area contributed by atoms with E-state index in [1.807, 2.05) is 29.2 Å². The van der Waals surface area contributed by atoms with Gasteiger partial charge in [-0.1, -0.05) is 25.4 Å². The zero-order chi connectivity index (χ0) is 22.4. The van der Waals surface area contributed by atoms with Gasteiger partial charge in [0, 0.05) is 37.4 Å². The highest BCUT2D eigenvalue weighted by Gasteiger charge is 2.24. The number of benzene rings is 2. The zero-order valence-electron chi connectivity index (χ0n) is 18.7. The van der Waals surface area contributed by atoms with Crippen LogP contribution in [-0.2, 0) is 0 Å². The van der Waals surface area contributed by atoms with Crippen molar-refractivity contribution in [2.75, 3.05) is 51.9 Å². The number of halogens is 1. The smallest absolute Gasteiger partial charge is 0.254 e. The number of methoxy groups -OCH3 is 2. The molecule has 0 aliphatic carbocycles. The number of piperazine rings is 1. The summed E-state index contributed by atoms with van der Waals surface area (Å²) in [6.45, 7) is 7.62. The third-order valence-corrected chi connectivity index (χ3v) is 5.70. The van der Waals surface area contributed by atoms with E-state index < -0.39 is 0 Å². The molecule has 1 heterocycles. The number of carbonyl (C=O) groups is 1. The SMILES string of the molecule is COc1ccc(N2CCN(C(=O)c3cc(Cl)c(OCCC(C)C)c(OC)c3)CC2)cc1. The summed E-state index contributed by atoms with van der Waals surface area (Å²) in [5.41, 5.74) is 1.64. The molecule has 0 radical (unpaired) electrons.